The Bertz CT molecular complexity index is 9960. The third-order valence-electron chi connectivity index (χ3n) is 27.6. The first-order chi connectivity index (χ1) is 66.6. The van der Waals surface area contributed by atoms with Gasteiger partial charge in [0.1, 0.15) is 16.9 Å². The summed E-state index contributed by atoms with van der Waals surface area (Å²) in [5.74, 6) is 0. The number of pyridine rings is 3. The second-order valence-electron chi connectivity index (χ2n) is 35.0. The molecule has 0 aliphatic carbocycles. The van der Waals surface area contributed by atoms with Crippen LogP contribution in [-0.4, -0.2) is 28.2 Å². The van der Waals surface area contributed by atoms with Crippen molar-refractivity contribution < 1.29 is 13.7 Å². The van der Waals surface area contributed by atoms with Crippen LogP contribution in [0.15, 0.2) is 479 Å². The number of hydrogen-bond acceptors (Lipinski definition) is 6. The summed E-state index contributed by atoms with van der Waals surface area (Å²) in [5.41, 5.74) is 14.3. The second kappa shape index (κ2) is 31.6. The Labute approximate surface area is 775 Å². The second-order valence-corrected chi connectivity index (χ2v) is 43.2. The van der Waals surface area contributed by atoms with Crippen LogP contribution < -0.4 is 47.7 Å². The lowest BCUT2D eigenvalue weighted by Gasteiger charge is -2.23. The Morgan fingerprint density at radius 1 is 0.170 bits per heavy atom. The number of benzene rings is 22. The molecule has 6 heterocycles. The van der Waals surface area contributed by atoms with Crippen LogP contribution in [0.3, 0.4) is 0 Å². The van der Waals surface area contributed by atoms with Gasteiger partial charge in [0.15, 0.2) is 21.4 Å². The first kappa shape index (κ1) is 79.4. The summed E-state index contributed by atoms with van der Waals surface area (Å²) in [7, 11) is -9.84. The lowest BCUT2D eigenvalue weighted by Crippen LogP contribution is -2.26. The number of imidazole rings is 3. The number of para-hydroxylation sites is 6. The van der Waals surface area contributed by atoms with Crippen molar-refractivity contribution in [1.29, 1.82) is 0 Å². The van der Waals surface area contributed by atoms with Crippen LogP contribution in [0.1, 0.15) is 0 Å². The van der Waals surface area contributed by atoms with Gasteiger partial charge in [0.25, 0.3) is 0 Å². The maximum absolute atomic E-state index is 16.1. The first-order valence-electron chi connectivity index (χ1n) is 45.6. The van der Waals surface area contributed by atoms with E-state index in [0.717, 1.165) is 217 Å². The minimum Gasteiger partial charge on any atom is -0.309 e. The third kappa shape index (κ3) is 12.5. The van der Waals surface area contributed by atoms with Crippen LogP contribution >= 0.6 is 21.4 Å². The highest BCUT2D eigenvalue weighted by Crippen LogP contribution is 2.51. The average molecular weight is 1780 g/mol. The van der Waals surface area contributed by atoms with Crippen LogP contribution in [0, 0.1) is 0 Å². The molecule has 28 rings (SSSR count). The van der Waals surface area contributed by atoms with Gasteiger partial charge in [-0.15, -0.1) is 0 Å². The third-order valence-corrected chi connectivity index (χ3v) is 36.8. The van der Waals surface area contributed by atoms with Crippen molar-refractivity contribution in [3.63, 3.8) is 0 Å². The molecule has 6 aromatic heterocycles. The first-order valence-corrected chi connectivity index (χ1v) is 50.7. The minimum atomic E-state index is -3.34. The van der Waals surface area contributed by atoms with Crippen molar-refractivity contribution in [1.82, 2.24) is 28.2 Å². The smallest absolute Gasteiger partial charge is 0.171 e. The number of hydrogen-bond donors (Lipinski definition) is 0. The van der Waals surface area contributed by atoms with E-state index in [2.05, 4.69) is 335 Å². The molecule has 28 aromatic rings. The van der Waals surface area contributed by atoms with Crippen molar-refractivity contribution >= 4 is 249 Å². The topological polar surface area (TPSA) is 103 Å². The summed E-state index contributed by atoms with van der Waals surface area (Å²) in [4.78, 5) is 15.3. The van der Waals surface area contributed by atoms with Crippen LogP contribution in [0.2, 0.25) is 0 Å². The van der Waals surface area contributed by atoms with E-state index in [9.17, 15) is 0 Å². The summed E-state index contributed by atoms with van der Waals surface area (Å²) in [5, 5.41) is 30.8. The van der Waals surface area contributed by atoms with Gasteiger partial charge in [0.05, 0.1) is 49.7 Å². The molecule has 0 aliphatic heterocycles. The van der Waals surface area contributed by atoms with Crippen molar-refractivity contribution in [3.05, 3.63) is 479 Å². The van der Waals surface area contributed by atoms with E-state index < -0.39 is 21.4 Å². The molecule has 0 bridgehead atoms. The van der Waals surface area contributed by atoms with E-state index in [4.69, 9.17) is 15.0 Å². The molecule has 135 heavy (non-hydrogen) atoms. The highest BCUT2D eigenvalue weighted by atomic mass is 31.2. The van der Waals surface area contributed by atoms with E-state index in [1.54, 1.807) is 0 Å². The van der Waals surface area contributed by atoms with Gasteiger partial charge in [-0.1, -0.05) is 419 Å². The highest BCUT2D eigenvalue weighted by molar-refractivity contribution is 7.86. The number of aromatic nitrogens is 6. The van der Waals surface area contributed by atoms with Crippen LogP contribution in [0.5, 0.6) is 0 Å². The molecule has 0 spiro atoms. The molecule has 0 saturated heterocycles. The van der Waals surface area contributed by atoms with Crippen LogP contribution in [0.4, 0.5) is 0 Å². The number of rotatable bonds is 10. The van der Waals surface area contributed by atoms with Crippen molar-refractivity contribution in [3.8, 4) is 11.1 Å². The van der Waals surface area contributed by atoms with Crippen molar-refractivity contribution in [2.45, 2.75) is 0 Å². The molecule has 22 aromatic carbocycles. The van der Waals surface area contributed by atoms with Crippen LogP contribution in [-0.2, 0) is 13.7 Å². The molecular formula is C123H79N6O3P3. The van der Waals surface area contributed by atoms with E-state index in [1.165, 1.54) is 21.5 Å². The molecule has 9 nitrogen and oxygen atoms in total. The van der Waals surface area contributed by atoms with Gasteiger partial charge in [-0.05, 0) is 136 Å². The Balaban J connectivity index is 0.000000105. The maximum atomic E-state index is 16.1. The van der Waals surface area contributed by atoms with Gasteiger partial charge in [0, 0.05) is 96.2 Å². The summed E-state index contributed by atoms with van der Waals surface area (Å²) < 4.78 is 54.5. The standard InChI is InChI=1S/C43H27N2OP.C41H27N2OP.C39H25N2OP/c46-47(31-11-2-1-3-12-31,33-22-20-29-19-18-28-10-4-5-13-34(28)39(29)27-33)32-23-25-35-30(26-32)21-24-37-36-14-6-7-15-38(36)43-44-40-16-8-9-17-41(40)45(43)42(35)37;44-45(31-13-5-2-6-14-31,32-23-19-29(20-24-32)28-11-3-1-4-12-28)33-25-21-30-22-26-35-34-15-7-8-16-36(34)41-42-38-17-9-10-18-39(38)43(41)40(35)37(30)27-33;42-43(29-14-2-1-3-15-29,30-23-21-26-11-4-5-12-28(26)25-30)36-20-10-13-27-22-24-32-31-16-6-7-17-33(31)39-40-34-18-8-9-19-35(34)41(39)38(32)37(27)36/h1-27H;1-27H;1-25H. The Morgan fingerprint density at radius 2 is 0.481 bits per heavy atom. The zero-order chi connectivity index (χ0) is 89.6. The Morgan fingerprint density at radius 3 is 1.02 bits per heavy atom. The molecule has 634 valence electrons. The Hall–Kier alpha value is -16.5. The largest absolute Gasteiger partial charge is 0.309 e. The van der Waals surface area contributed by atoms with Crippen molar-refractivity contribution in [2.75, 3.05) is 0 Å². The lowest BCUT2D eigenvalue weighted by atomic mass is 10.0. The molecule has 0 aliphatic rings. The zero-order valence-corrected chi connectivity index (χ0v) is 75.5. The van der Waals surface area contributed by atoms with Gasteiger partial charge in [-0.3, -0.25) is 13.2 Å². The van der Waals surface area contributed by atoms with Gasteiger partial charge >= 0.3 is 0 Å². The van der Waals surface area contributed by atoms with Gasteiger partial charge in [-0.2, -0.15) is 0 Å². The van der Waals surface area contributed by atoms with Gasteiger partial charge < -0.3 is 13.7 Å². The Kier molecular flexibility index (Phi) is 18.6. The van der Waals surface area contributed by atoms with Gasteiger partial charge in [0.2, 0.25) is 0 Å². The van der Waals surface area contributed by atoms with E-state index in [-0.39, 0.29) is 0 Å². The fourth-order valence-corrected chi connectivity index (χ4v) is 29.5. The fourth-order valence-electron chi connectivity index (χ4n) is 21.3. The predicted molar refractivity (Wildman–Crippen MR) is 572 cm³/mol. The molecule has 0 radical (unpaired) electrons. The molecule has 0 amide bonds. The summed E-state index contributed by atoms with van der Waals surface area (Å²) >= 11 is 0. The van der Waals surface area contributed by atoms with Gasteiger partial charge in [-0.25, -0.2) is 15.0 Å². The van der Waals surface area contributed by atoms with E-state index in [0.29, 0.717) is 0 Å². The predicted octanol–water partition coefficient (Wildman–Crippen LogP) is 27.9. The molecular weight excluding hydrogens is 1700 g/mol. The molecule has 0 saturated carbocycles. The summed E-state index contributed by atoms with van der Waals surface area (Å²) in [6, 6.07) is 165. The molecule has 3 atom stereocenters. The van der Waals surface area contributed by atoms with E-state index >= 15 is 13.7 Å². The highest BCUT2D eigenvalue weighted by Gasteiger charge is 2.36. The molecule has 3 unspecified atom stereocenters. The summed E-state index contributed by atoms with van der Waals surface area (Å²) in [6.45, 7) is 0. The average Bonchev–Trinajstić information content (AvgIpc) is 1.67. The monoisotopic (exact) mass is 1780 g/mol. The summed E-state index contributed by atoms with van der Waals surface area (Å²) in [6.07, 6.45) is 0. The normalized spacial score (nSPS) is 13.3. The number of nitrogens with zero attached hydrogens (tertiary/aromatic N) is 6. The lowest BCUT2D eigenvalue weighted by molar-refractivity contribution is 0.591. The quantitative estimate of drug-likeness (QED) is 0.0998. The fraction of sp³-hybridized carbons (Fsp3) is 0. The molecule has 12 heteroatoms. The van der Waals surface area contributed by atoms with Crippen LogP contribution in [0.25, 0.3) is 191 Å². The van der Waals surface area contributed by atoms with Crippen molar-refractivity contribution in [2.24, 2.45) is 0 Å². The molecule has 0 fully saturated rings. The maximum Gasteiger partial charge on any atom is 0.171 e. The number of fused-ring (bicyclic) bond motifs is 34. The van der Waals surface area contributed by atoms with E-state index in [1.807, 2.05) is 158 Å². The molecule has 0 N–H and O–H groups in total. The SMILES string of the molecule is O=P(c1ccccc1)(c1ccc(-c2ccccc2)cc1)c1ccc2ccc3c4ccccc4c4nc5ccccc5n4c3c2c1.O=P(c1ccccc1)(c1ccc2c(ccc3c4ccccc4c4nc5ccccc5n4c23)c1)c1ccc2ccc3ccccc3c2c1.O=P(c1ccccc1)(c1ccc2ccccc2c1)c1cccc2ccc3c4ccccc4c4nc5ccccc5n4c3c12. The zero-order valence-electron chi connectivity index (χ0n) is 72.9. The minimum absolute atomic E-state index is 0.812.